The summed E-state index contributed by atoms with van der Waals surface area (Å²) >= 11 is 4.92. The number of anilines is 1. The molecule has 0 aromatic carbocycles. The molecule has 16 heavy (non-hydrogen) atoms. The van der Waals surface area contributed by atoms with Gasteiger partial charge in [0, 0.05) is 24.8 Å². The molecule has 1 unspecified atom stereocenters. The first kappa shape index (κ1) is 11.3. The molecule has 86 valence electrons. The van der Waals surface area contributed by atoms with E-state index in [1.807, 2.05) is 17.9 Å². The lowest BCUT2D eigenvalue weighted by molar-refractivity contribution is 0.0839. The molecule has 5 heteroatoms. The first-order valence-electron chi connectivity index (χ1n) is 5.21. The largest absolute Gasteiger partial charge is 0.389 e. The van der Waals surface area contributed by atoms with Crippen LogP contribution in [0.15, 0.2) is 18.3 Å². The Labute approximate surface area is 100 Å². The number of hydrogen-bond acceptors (Lipinski definition) is 4. The summed E-state index contributed by atoms with van der Waals surface area (Å²) in [7, 11) is 0. The van der Waals surface area contributed by atoms with Crippen molar-refractivity contribution in [3.8, 4) is 0 Å². The van der Waals surface area contributed by atoms with Gasteiger partial charge in [0.1, 0.15) is 10.8 Å². The van der Waals surface area contributed by atoms with E-state index in [4.69, 9.17) is 18.0 Å². The van der Waals surface area contributed by atoms with Gasteiger partial charge in [0.25, 0.3) is 0 Å². The monoisotopic (exact) mass is 237 g/mol. The smallest absolute Gasteiger partial charge is 0.129 e. The van der Waals surface area contributed by atoms with Crippen LogP contribution in [-0.4, -0.2) is 33.8 Å². The molecule has 0 amide bonds. The molecular weight excluding hydrogens is 222 g/mol. The third-order valence-corrected chi connectivity index (χ3v) is 3.04. The van der Waals surface area contributed by atoms with Gasteiger partial charge in [0.2, 0.25) is 0 Å². The average Bonchev–Trinajstić information content (AvgIpc) is 2.59. The van der Waals surface area contributed by atoms with Gasteiger partial charge in [0.15, 0.2) is 0 Å². The highest BCUT2D eigenvalue weighted by atomic mass is 32.1. The molecule has 0 aliphatic carbocycles. The van der Waals surface area contributed by atoms with Gasteiger partial charge in [-0.3, -0.25) is 0 Å². The third-order valence-electron chi connectivity index (χ3n) is 2.81. The number of nitrogens with zero attached hydrogens (tertiary/aromatic N) is 2. The summed E-state index contributed by atoms with van der Waals surface area (Å²) in [4.78, 5) is 6.68. The van der Waals surface area contributed by atoms with Crippen molar-refractivity contribution in [3.63, 3.8) is 0 Å². The number of thiocarbonyl (C=S) groups is 1. The Balaban J connectivity index is 2.22. The summed E-state index contributed by atoms with van der Waals surface area (Å²) in [5, 5.41) is 9.88. The van der Waals surface area contributed by atoms with Crippen molar-refractivity contribution in [3.05, 3.63) is 23.9 Å². The summed E-state index contributed by atoms with van der Waals surface area (Å²) in [6.07, 6.45) is 2.45. The van der Waals surface area contributed by atoms with Gasteiger partial charge in [-0.05, 0) is 25.5 Å². The van der Waals surface area contributed by atoms with E-state index in [1.54, 1.807) is 12.3 Å². The van der Waals surface area contributed by atoms with Crippen LogP contribution in [0.5, 0.6) is 0 Å². The van der Waals surface area contributed by atoms with Crippen LogP contribution in [0.25, 0.3) is 0 Å². The van der Waals surface area contributed by atoms with Crippen LogP contribution in [0.4, 0.5) is 5.82 Å². The Morgan fingerprint density at radius 2 is 2.44 bits per heavy atom. The second-order valence-corrected chi connectivity index (χ2v) is 4.88. The fourth-order valence-corrected chi connectivity index (χ4v) is 2.01. The molecule has 1 aliphatic rings. The van der Waals surface area contributed by atoms with E-state index in [0.717, 1.165) is 24.3 Å². The molecule has 1 aromatic heterocycles. The van der Waals surface area contributed by atoms with Crippen LogP contribution in [0.2, 0.25) is 0 Å². The van der Waals surface area contributed by atoms with Gasteiger partial charge in [-0.15, -0.1) is 0 Å². The highest BCUT2D eigenvalue weighted by molar-refractivity contribution is 7.80. The van der Waals surface area contributed by atoms with E-state index in [0.29, 0.717) is 11.5 Å². The van der Waals surface area contributed by atoms with Crippen molar-refractivity contribution >= 4 is 23.0 Å². The van der Waals surface area contributed by atoms with Gasteiger partial charge < -0.3 is 15.7 Å². The Bertz CT molecular complexity index is 419. The zero-order chi connectivity index (χ0) is 11.8. The van der Waals surface area contributed by atoms with Crippen molar-refractivity contribution in [2.24, 2.45) is 5.73 Å². The van der Waals surface area contributed by atoms with E-state index < -0.39 is 5.60 Å². The highest BCUT2D eigenvalue weighted by Gasteiger charge is 2.31. The zero-order valence-electron chi connectivity index (χ0n) is 9.18. The van der Waals surface area contributed by atoms with Gasteiger partial charge in [0.05, 0.1) is 5.60 Å². The number of β-amino-alcohol motifs (C(OH)–C–C–N with tert-alkyl or cyclic N) is 1. The van der Waals surface area contributed by atoms with Crippen molar-refractivity contribution in [1.29, 1.82) is 0 Å². The zero-order valence-corrected chi connectivity index (χ0v) is 10.00. The molecule has 2 heterocycles. The lowest BCUT2D eigenvalue weighted by Gasteiger charge is -2.20. The second kappa shape index (κ2) is 3.99. The number of pyridine rings is 1. The van der Waals surface area contributed by atoms with Crippen LogP contribution in [0.1, 0.15) is 18.9 Å². The molecule has 1 fully saturated rings. The Morgan fingerprint density at radius 1 is 1.69 bits per heavy atom. The minimum atomic E-state index is -0.624. The molecule has 0 saturated carbocycles. The molecule has 4 nitrogen and oxygen atoms in total. The summed E-state index contributed by atoms with van der Waals surface area (Å²) < 4.78 is 0. The van der Waals surface area contributed by atoms with E-state index in [1.165, 1.54) is 0 Å². The quantitative estimate of drug-likeness (QED) is 0.741. The topological polar surface area (TPSA) is 62.4 Å². The maximum absolute atomic E-state index is 9.88. The minimum Gasteiger partial charge on any atom is -0.389 e. The number of hydrogen-bond donors (Lipinski definition) is 2. The predicted octanol–water partition coefficient (Wildman–Crippen LogP) is 0.677. The SMILES string of the molecule is CC1(O)CCN(c2cc(C(N)=S)ccn2)C1. The Morgan fingerprint density at radius 3 is 3.00 bits per heavy atom. The first-order valence-corrected chi connectivity index (χ1v) is 5.62. The van der Waals surface area contributed by atoms with Crippen LogP contribution < -0.4 is 10.6 Å². The molecule has 1 atom stereocenters. The summed E-state index contributed by atoms with van der Waals surface area (Å²) in [5.41, 5.74) is 5.76. The molecule has 0 spiro atoms. The highest BCUT2D eigenvalue weighted by Crippen LogP contribution is 2.25. The number of aliphatic hydroxyl groups is 1. The van der Waals surface area contributed by atoms with Crippen LogP contribution in [0, 0.1) is 0 Å². The standard InChI is InChI=1S/C11H15N3OS/c1-11(15)3-5-14(7-11)9-6-8(10(12)16)2-4-13-9/h2,4,6,15H,3,5,7H2,1H3,(H2,12,16). The summed E-state index contributed by atoms with van der Waals surface area (Å²) in [6.45, 7) is 3.24. The molecular formula is C11H15N3OS. The maximum Gasteiger partial charge on any atom is 0.129 e. The van der Waals surface area contributed by atoms with Gasteiger partial charge in [-0.1, -0.05) is 12.2 Å². The minimum absolute atomic E-state index is 0.370. The van der Waals surface area contributed by atoms with Crippen LogP contribution in [0.3, 0.4) is 0 Å². The molecule has 0 radical (unpaired) electrons. The van der Waals surface area contributed by atoms with Gasteiger partial charge in [-0.25, -0.2) is 4.98 Å². The molecule has 1 aromatic rings. The fourth-order valence-electron chi connectivity index (χ4n) is 1.89. The van der Waals surface area contributed by atoms with Gasteiger partial charge >= 0.3 is 0 Å². The predicted molar refractivity (Wildman–Crippen MR) is 67.6 cm³/mol. The van der Waals surface area contributed by atoms with Crippen molar-refractivity contribution in [1.82, 2.24) is 4.98 Å². The molecule has 3 N–H and O–H groups in total. The van der Waals surface area contributed by atoms with Crippen molar-refractivity contribution < 1.29 is 5.11 Å². The van der Waals surface area contributed by atoms with E-state index in [-0.39, 0.29) is 0 Å². The normalized spacial score (nSPS) is 24.8. The molecule has 0 bridgehead atoms. The lowest BCUT2D eigenvalue weighted by atomic mass is 10.1. The summed E-state index contributed by atoms with van der Waals surface area (Å²) in [6, 6.07) is 3.66. The van der Waals surface area contributed by atoms with Crippen molar-refractivity contribution in [2.75, 3.05) is 18.0 Å². The fraction of sp³-hybridized carbons (Fsp3) is 0.455. The van der Waals surface area contributed by atoms with E-state index >= 15 is 0 Å². The van der Waals surface area contributed by atoms with Crippen LogP contribution in [-0.2, 0) is 0 Å². The lowest BCUT2D eigenvalue weighted by Crippen LogP contribution is -2.30. The number of rotatable bonds is 2. The van der Waals surface area contributed by atoms with E-state index in [9.17, 15) is 5.11 Å². The van der Waals surface area contributed by atoms with E-state index in [2.05, 4.69) is 4.98 Å². The molecule has 2 rings (SSSR count). The molecule has 1 saturated heterocycles. The number of aromatic nitrogens is 1. The Kier molecular flexibility index (Phi) is 2.82. The number of nitrogens with two attached hydrogens (primary N) is 1. The first-order chi connectivity index (χ1) is 7.48. The van der Waals surface area contributed by atoms with Crippen LogP contribution >= 0.6 is 12.2 Å². The second-order valence-electron chi connectivity index (χ2n) is 4.44. The van der Waals surface area contributed by atoms with Gasteiger partial charge in [-0.2, -0.15) is 0 Å². The Hall–Kier alpha value is -1.20. The van der Waals surface area contributed by atoms with Crippen molar-refractivity contribution in [2.45, 2.75) is 18.9 Å². The average molecular weight is 237 g/mol. The summed E-state index contributed by atoms with van der Waals surface area (Å²) in [5.74, 6) is 0.822. The maximum atomic E-state index is 9.88. The third kappa shape index (κ3) is 2.31. The molecule has 1 aliphatic heterocycles.